The zero-order valence-corrected chi connectivity index (χ0v) is 27.9. The van der Waals surface area contributed by atoms with E-state index < -0.39 is 11.9 Å². The minimum atomic E-state index is -0.696. The summed E-state index contributed by atoms with van der Waals surface area (Å²) in [7, 11) is 6.83. The summed E-state index contributed by atoms with van der Waals surface area (Å²) in [5, 5.41) is 2.36. The highest BCUT2D eigenvalue weighted by molar-refractivity contribution is 6.00. The van der Waals surface area contributed by atoms with Crippen LogP contribution in [0.5, 0.6) is 11.5 Å². The first-order chi connectivity index (χ1) is 22.5. The first-order valence-corrected chi connectivity index (χ1v) is 15.9. The number of piperidine rings is 1. The lowest BCUT2D eigenvalue weighted by molar-refractivity contribution is -0.135. The lowest BCUT2D eigenvalue weighted by Gasteiger charge is -2.35. The Bertz CT molecular complexity index is 1970. The Hall–Kier alpha value is -4.68. The molecule has 2 aliphatic heterocycles. The predicted octanol–water partition coefficient (Wildman–Crippen LogP) is 2.64. The number of amides is 2. The van der Waals surface area contributed by atoms with Crippen LogP contribution >= 0.6 is 0 Å². The molecule has 12 heteroatoms. The molecule has 2 aliphatic rings. The largest absolute Gasteiger partial charge is 0.496 e. The quantitative estimate of drug-likeness (QED) is 0.292. The van der Waals surface area contributed by atoms with Crippen molar-refractivity contribution in [1.82, 2.24) is 28.8 Å². The van der Waals surface area contributed by atoms with Gasteiger partial charge < -0.3 is 14.0 Å². The number of imide groups is 1. The number of nitrogens with zero attached hydrogens (tertiary/aromatic N) is 5. The average molecular weight is 643 g/mol. The SMILES string of the molecule is COc1cc(-c2cn(C)c(=O)c(C)c2C)cc(OC)c1CN1CCN(Cc2ccc3c(c2)n(C)c(=O)n3C2CCC(=O)NC2=O)CC1. The third-order valence-corrected chi connectivity index (χ3v) is 9.78. The summed E-state index contributed by atoms with van der Waals surface area (Å²) in [5.41, 5.74) is 6.82. The van der Waals surface area contributed by atoms with Crippen LogP contribution in [-0.2, 0) is 36.8 Å². The fourth-order valence-corrected chi connectivity index (χ4v) is 6.89. The van der Waals surface area contributed by atoms with Crippen LogP contribution in [0.3, 0.4) is 0 Å². The molecule has 0 radical (unpaired) electrons. The summed E-state index contributed by atoms with van der Waals surface area (Å²) in [6.07, 6.45) is 2.39. The van der Waals surface area contributed by atoms with Crippen molar-refractivity contribution in [2.24, 2.45) is 14.1 Å². The predicted molar refractivity (Wildman–Crippen MR) is 179 cm³/mol. The molecule has 2 fully saturated rings. The maximum atomic E-state index is 13.2. The van der Waals surface area contributed by atoms with Gasteiger partial charge >= 0.3 is 5.69 Å². The Morgan fingerprint density at radius 2 is 1.47 bits per heavy atom. The first-order valence-electron chi connectivity index (χ1n) is 15.9. The molecule has 6 rings (SSSR count). The number of hydrogen-bond donors (Lipinski definition) is 1. The molecule has 248 valence electrons. The summed E-state index contributed by atoms with van der Waals surface area (Å²) in [5.74, 6) is 0.756. The van der Waals surface area contributed by atoms with Crippen molar-refractivity contribution in [3.05, 3.63) is 79.6 Å². The number of nitrogens with one attached hydrogen (secondary N) is 1. The molecular weight excluding hydrogens is 600 g/mol. The van der Waals surface area contributed by atoms with Crippen molar-refractivity contribution in [3.8, 4) is 22.6 Å². The molecule has 0 bridgehead atoms. The number of rotatable bonds is 8. The lowest BCUT2D eigenvalue weighted by atomic mass is 9.97. The second-order valence-electron chi connectivity index (χ2n) is 12.6. The van der Waals surface area contributed by atoms with Crippen molar-refractivity contribution in [2.45, 2.75) is 45.8 Å². The van der Waals surface area contributed by atoms with E-state index in [0.29, 0.717) is 18.5 Å². The summed E-state index contributed by atoms with van der Waals surface area (Å²) in [4.78, 5) is 54.6. The minimum absolute atomic E-state index is 0.00372. The van der Waals surface area contributed by atoms with E-state index in [4.69, 9.17) is 9.47 Å². The van der Waals surface area contributed by atoms with Gasteiger partial charge in [-0.3, -0.25) is 38.6 Å². The van der Waals surface area contributed by atoms with E-state index in [1.165, 1.54) is 4.57 Å². The number of piperazine rings is 1. The minimum Gasteiger partial charge on any atom is -0.496 e. The van der Waals surface area contributed by atoms with Crippen molar-refractivity contribution in [3.63, 3.8) is 0 Å². The van der Waals surface area contributed by atoms with Gasteiger partial charge in [0.1, 0.15) is 17.5 Å². The van der Waals surface area contributed by atoms with E-state index in [1.807, 2.05) is 50.4 Å². The van der Waals surface area contributed by atoms with Crippen LogP contribution in [-0.4, -0.2) is 75.7 Å². The van der Waals surface area contributed by atoms with E-state index in [-0.39, 0.29) is 23.6 Å². The van der Waals surface area contributed by atoms with Crippen LogP contribution in [0, 0.1) is 13.8 Å². The first kappa shape index (κ1) is 32.3. The maximum Gasteiger partial charge on any atom is 0.329 e. The second kappa shape index (κ2) is 12.8. The zero-order chi connectivity index (χ0) is 33.6. The normalized spacial score (nSPS) is 17.7. The fourth-order valence-electron chi connectivity index (χ4n) is 6.89. The Kier molecular flexibility index (Phi) is 8.82. The third kappa shape index (κ3) is 5.98. The van der Waals surface area contributed by atoms with Gasteiger partial charge in [-0.15, -0.1) is 0 Å². The van der Waals surface area contributed by atoms with Crippen LogP contribution in [0.2, 0.25) is 0 Å². The number of aryl methyl sites for hydroxylation is 2. The summed E-state index contributed by atoms with van der Waals surface area (Å²) >= 11 is 0. The fraction of sp³-hybridized carbons (Fsp3) is 0.429. The van der Waals surface area contributed by atoms with Gasteiger partial charge in [-0.05, 0) is 61.2 Å². The highest BCUT2D eigenvalue weighted by atomic mass is 16.5. The van der Waals surface area contributed by atoms with E-state index >= 15 is 0 Å². The van der Waals surface area contributed by atoms with Gasteiger partial charge in [0.05, 0.1) is 30.8 Å². The van der Waals surface area contributed by atoms with Crippen molar-refractivity contribution < 1.29 is 19.1 Å². The monoisotopic (exact) mass is 642 g/mol. The molecule has 4 aromatic rings. The number of hydrogen-bond acceptors (Lipinski definition) is 8. The molecular formula is C35H42N6O6. The molecule has 1 N–H and O–H groups in total. The highest BCUT2D eigenvalue weighted by Gasteiger charge is 2.31. The highest BCUT2D eigenvalue weighted by Crippen LogP contribution is 2.37. The summed E-state index contributed by atoms with van der Waals surface area (Å²) in [6.45, 7) is 8.69. The van der Waals surface area contributed by atoms with E-state index in [2.05, 4.69) is 15.1 Å². The van der Waals surface area contributed by atoms with Gasteiger partial charge in [0.2, 0.25) is 11.8 Å². The molecule has 0 saturated carbocycles. The molecule has 1 atom stereocenters. The Morgan fingerprint density at radius 1 is 0.830 bits per heavy atom. The molecule has 0 spiro atoms. The second-order valence-corrected chi connectivity index (χ2v) is 12.6. The molecule has 4 heterocycles. The molecule has 2 aromatic heterocycles. The molecule has 1 unspecified atom stereocenters. The number of pyridine rings is 1. The topological polar surface area (TPSA) is 120 Å². The van der Waals surface area contributed by atoms with Gasteiger partial charge in [-0.2, -0.15) is 0 Å². The number of imidazole rings is 1. The van der Waals surface area contributed by atoms with Crippen LogP contribution in [0.1, 0.15) is 41.1 Å². The number of ether oxygens (including phenoxy) is 2. The third-order valence-electron chi connectivity index (χ3n) is 9.78. The van der Waals surface area contributed by atoms with Crippen molar-refractivity contribution in [2.75, 3.05) is 40.4 Å². The number of methoxy groups -OCH3 is 2. The van der Waals surface area contributed by atoms with Crippen molar-refractivity contribution >= 4 is 22.8 Å². The van der Waals surface area contributed by atoms with Crippen LogP contribution in [0.15, 0.2) is 46.1 Å². The molecule has 2 aromatic carbocycles. The van der Waals surface area contributed by atoms with E-state index in [0.717, 1.165) is 83.1 Å². The molecule has 47 heavy (non-hydrogen) atoms. The van der Waals surface area contributed by atoms with E-state index in [1.54, 1.807) is 37.4 Å². The average Bonchev–Trinajstić information content (AvgIpc) is 3.31. The number of aromatic nitrogens is 3. The van der Waals surface area contributed by atoms with Crippen LogP contribution < -0.4 is 26.0 Å². The summed E-state index contributed by atoms with van der Waals surface area (Å²) in [6, 6.07) is 9.30. The van der Waals surface area contributed by atoms with Gasteiger partial charge in [0.15, 0.2) is 0 Å². The van der Waals surface area contributed by atoms with Crippen LogP contribution in [0.4, 0.5) is 0 Å². The number of carbonyl (C=O) groups is 2. The van der Waals surface area contributed by atoms with E-state index in [9.17, 15) is 19.2 Å². The molecule has 12 nitrogen and oxygen atoms in total. The molecule has 2 amide bonds. The Labute approximate surface area is 273 Å². The lowest BCUT2D eigenvalue weighted by Crippen LogP contribution is -2.45. The molecule has 0 aliphatic carbocycles. The summed E-state index contributed by atoms with van der Waals surface area (Å²) < 4.78 is 16.4. The number of carbonyl (C=O) groups excluding carboxylic acids is 2. The van der Waals surface area contributed by atoms with Crippen molar-refractivity contribution in [1.29, 1.82) is 0 Å². The zero-order valence-electron chi connectivity index (χ0n) is 27.9. The Morgan fingerprint density at radius 3 is 2.09 bits per heavy atom. The Balaban J connectivity index is 1.15. The van der Waals surface area contributed by atoms with Gasteiger partial charge in [-0.1, -0.05) is 6.07 Å². The van der Waals surface area contributed by atoms with Crippen LogP contribution in [0.25, 0.3) is 22.2 Å². The van der Waals surface area contributed by atoms with Gasteiger partial charge in [0, 0.05) is 77.1 Å². The smallest absolute Gasteiger partial charge is 0.329 e. The maximum absolute atomic E-state index is 13.2. The van der Waals surface area contributed by atoms with Gasteiger partial charge in [0.25, 0.3) is 5.56 Å². The molecule has 2 saturated heterocycles. The van der Waals surface area contributed by atoms with Gasteiger partial charge in [-0.25, -0.2) is 4.79 Å². The number of fused-ring (bicyclic) bond motifs is 1. The standard InChI is InChI=1S/C35H42N6O6/c1-21-22(2)34(44)37(3)19-25(21)24-16-30(46-5)26(31(17-24)47-6)20-40-13-11-39(12-14-40)18-23-7-8-27-29(15-23)38(4)35(45)41(27)28-9-10-32(42)36-33(28)43/h7-8,15-17,19,28H,9-14,18,20H2,1-6H3,(H,36,42,43). The number of benzene rings is 2.